The molecule has 2 aromatic carbocycles. The molecule has 2 heterocycles. The van der Waals surface area contributed by atoms with Crippen LogP contribution in [0, 0.1) is 6.92 Å². The van der Waals surface area contributed by atoms with Crippen molar-refractivity contribution < 1.29 is 4.79 Å². The molecule has 4 aromatic rings. The molecule has 3 nitrogen and oxygen atoms in total. The van der Waals surface area contributed by atoms with Crippen LogP contribution in [0.2, 0.25) is 0 Å². The van der Waals surface area contributed by atoms with Crippen LogP contribution in [0.15, 0.2) is 66.1 Å². The van der Waals surface area contributed by atoms with Gasteiger partial charge in [0.05, 0.1) is 10.2 Å². The molecule has 0 saturated carbocycles. The summed E-state index contributed by atoms with van der Waals surface area (Å²) in [4.78, 5) is 17.8. The lowest BCUT2D eigenvalue weighted by Gasteiger charge is -2.03. The summed E-state index contributed by atoms with van der Waals surface area (Å²) in [7, 11) is 0. The fraction of sp³-hybridized carbons (Fsp3) is 0.0476. The molecule has 5 heteroatoms. The molecule has 0 aliphatic heterocycles. The van der Waals surface area contributed by atoms with Gasteiger partial charge >= 0.3 is 0 Å². The van der Waals surface area contributed by atoms with Gasteiger partial charge in [0, 0.05) is 22.2 Å². The average Bonchev–Trinajstić information content (AvgIpc) is 3.29. The van der Waals surface area contributed by atoms with Crippen molar-refractivity contribution in [2.75, 3.05) is 5.32 Å². The van der Waals surface area contributed by atoms with E-state index in [0.717, 1.165) is 26.7 Å². The van der Waals surface area contributed by atoms with Crippen molar-refractivity contribution in [2.45, 2.75) is 6.92 Å². The number of aromatic nitrogens is 1. The second-order valence-electron chi connectivity index (χ2n) is 5.91. The molecule has 0 radical (unpaired) electrons. The normalized spacial score (nSPS) is 11.3. The highest BCUT2D eigenvalue weighted by Crippen LogP contribution is 2.31. The maximum Gasteiger partial charge on any atom is 0.248 e. The van der Waals surface area contributed by atoms with Crippen LogP contribution in [0.25, 0.3) is 26.9 Å². The number of hydrogen-bond acceptors (Lipinski definition) is 4. The number of aryl methyl sites for hydroxylation is 1. The van der Waals surface area contributed by atoms with Crippen LogP contribution in [-0.4, -0.2) is 10.9 Å². The summed E-state index contributed by atoms with van der Waals surface area (Å²) in [5.41, 5.74) is 4.08. The highest BCUT2D eigenvalue weighted by Gasteiger charge is 2.07. The summed E-state index contributed by atoms with van der Waals surface area (Å²) < 4.78 is 1.19. The molecule has 1 amide bonds. The summed E-state index contributed by atoms with van der Waals surface area (Å²) in [5, 5.41) is 5.85. The first kappa shape index (κ1) is 16.7. The maximum absolute atomic E-state index is 12.0. The van der Waals surface area contributed by atoms with E-state index in [2.05, 4.69) is 30.4 Å². The minimum atomic E-state index is -0.137. The zero-order valence-corrected chi connectivity index (χ0v) is 15.7. The first-order valence-corrected chi connectivity index (χ1v) is 9.87. The number of carbonyl (C=O) groups is 1. The van der Waals surface area contributed by atoms with E-state index in [1.54, 1.807) is 28.7 Å². The number of amides is 1. The van der Waals surface area contributed by atoms with Crippen LogP contribution in [0.5, 0.6) is 0 Å². The summed E-state index contributed by atoms with van der Waals surface area (Å²) in [6, 6.07) is 18.0. The number of thiazole rings is 1. The Balaban J connectivity index is 1.48. The fourth-order valence-corrected chi connectivity index (χ4v) is 4.27. The monoisotopic (exact) mass is 376 g/mol. The standard InChI is InChI=1S/C21H16N2OS2/c1-14-4-10-18-19(13-14)26-21(23-18)15-5-7-16(8-6-15)22-20(24)11-9-17-3-2-12-25-17/h2-13H,1H3,(H,22,24)/b11-9+. The molecule has 0 aliphatic carbocycles. The van der Waals surface area contributed by atoms with Gasteiger partial charge in [0.2, 0.25) is 5.91 Å². The molecule has 0 spiro atoms. The Morgan fingerprint density at radius 1 is 1.12 bits per heavy atom. The van der Waals surface area contributed by atoms with Gasteiger partial charge in [0.25, 0.3) is 0 Å². The molecule has 4 rings (SSSR count). The topological polar surface area (TPSA) is 42.0 Å². The van der Waals surface area contributed by atoms with E-state index >= 15 is 0 Å². The number of nitrogens with one attached hydrogen (secondary N) is 1. The summed E-state index contributed by atoms with van der Waals surface area (Å²) in [5.74, 6) is -0.137. The highest BCUT2D eigenvalue weighted by molar-refractivity contribution is 7.21. The second-order valence-corrected chi connectivity index (χ2v) is 7.92. The molecular formula is C21H16N2OS2. The molecule has 1 N–H and O–H groups in total. The van der Waals surface area contributed by atoms with Gasteiger partial charge in [0.15, 0.2) is 0 Å². The van der Waals surface area contributed by atoms with Crippen LogP contribution >= 0.6 is 22.7 Å². The van der Waals surface area contributed by atoms with Gasteiger partial charge in [-0.3, -0.25) is 4.79 Å². The Morgan fingerprint density at radius 3 is 2.73 bits per heavy atom. The Morgan fingerprint density at radius 2 is 1.96 bits per heavy atom. The smallest absolute Gasteiger partial charge is 0.248 e. The minimum absolute atomic E-state index is 0.137. The van der Waals surface area contributed by atoms with E-state index in [9.17, 15) is 4.79 Å². The first-order valence-electron chi connectivity index (χ1n) is 8.17. The fourth-order valence-electron chi connectivity index (χ4n) is 2.58. The van der Waals surface area contributed by atoms with Crippen LogP contribution in [0.3, 0.4) is 0 Å². The van der Waals surface area contributed by atoms with E-state index in [1.165, 1.54) is 10.3 Å². The van der Waals surface area contributed by atoms with E-state index in [0.29, 0.717) is 0 Å². The van der Waals surface area contributed by atoms with Gasteiger partial charge < -0.3 is 5.32 Å². The molecular weight excluding hydrogens is 360 g/mol. The number of rotatable bonds is 4. The predicted octanol–water partition coefficient (Wildman–Crippen LogP) is 5.99. The van der Waals surface area contributed by atoms with Crippen molar-refractivity contribution >= 4 is 50.6 Å². The number of anilines is 1. The van der Waals surface area contributed by atoms with Crippen LogP contribution in [0.1, 0.15) is 10.4 Å². The molecule has 0 saturated heterocycles. The SMILES string of the molecule is Cc1ccc2nc(-c3ccc(NC(=O)/C=C/c4cccs4)cc3)sc2c1. The largest absolute Gasteiger partial charge is 0.323 e. The van der Waals surface area contributed by atoms with Crippen molar-refractivity contribution in [1.29, 1.82) is 0 Å². The Kier molecular flexibility index (Phi) is 4.65. The van der Waals surface area contributed by atoms with Gasteiger partial charge in [-0.25, -0.2) is 4.98 Å². The Labute approximate surface area is 159 Å². The molecule has 0 bridgehead atoms. The van der Waals surface area contributed by atoms with E-state index < -0.39 is 0 Å². The third-order valence-electron chi connectivity index (χ3n) is 3.89. The van der Waals surface area contributed by atoms with Crippen molar-refractivity contribution in [3.8, 4) is 10.6 Å². The van der Waals surface area contributed by atoms with Crippen LogP contribution < -0.4 is 5.32 Å². The first-order chi connectivity index (χ1) is 12.7. The van der Waals surface area contributed by atoms with E-state index in [4.69, 9.17) is 4.98 Å². The second kappa shape index (κ2) is 7.23. The molecule has 0 aliphatic rings. The zero-order valence-electron chi connectivity index (χ0n) is 14.1. The third-order valence-corrected chi connectivity index (χ3v) is 5.79. The highest BCUT2D eigenvalue weighted by atomic mass is 32.1. The summed E-state index contributed by atoms with van der Waals surface area (Å²) >= 11 is 3.28. The molecule has 128 valence electrons. The van der Waals surface area contributed by atoms with Gasteiger partial charge in [-0.2, -0.15) is 0 Å². The van der Waals surface area contributed by atoms with E-state index in [-0.39, 0.29) is 5.91 Å². The quantitative estimate of drug-likeness (QED) is 0.445. The molecule has 26 heavy (non-hydrogen) atoms. The summed E-state index contributed by atoms with van der Waals surface area (Å²) in [6.45, 7) is 2.09. The Hall–Kier alpha value is -2.76. The van der Waals surface area contributed by atoms with Crippen molar-refractivity contribution in [2.24, 2.45) is 0 Å². The van der Waals surface area contributed by atoms with Gasteiger partial charge in [0.1, 0.15) is 5.01 Å². The van der Waals surface area contributed by atoms with Crippen LogP contribution in [-0.2, 0) is 4.79 Å². The van der Waals surface area contributed by atoms with Gasteiger partial charge in [-0.05, 0) is 66.4 Å². The number of thiophene rings is 1. The molecule has 2 aromatic heterocycles. The molecule has 0 unspecified atom stereocenters. The number of fused-ring (bicyclic) bond motifs is 1. The van der Waals surface area contributed by atoms with E-state index in [1.807, 2.05) is 47.9 Å². The zero-order chi connectivity index (χ0) is 17.9. The number of hydrogen-bond donors (Lipinski definition) is 1. The lowest BCUT2D eigenvalue weighted by Crippen LogP contribution is -2.07. The lowest BCUT2D eigenvalue weighted by molar-refractivity contribution is -0.111. The minimum Gasteiger partial charge on any atom is -0.323 e. The van der Waals surface area contributed by atoms with Gasteiger partial charge in [-0.15, -0.1) is 22.7 Å². The summed E-state index contributed by atoms with van der Waals surface area (Å²) in [6.07, 6.45) is 3.37. The number of nitrogens with zero attached hydrogens (tertiary/aromatic N) is 1. The molecule has 0 atom stereocenters. The van der Waals surface area contributed by atoms with Crippen LogP contribution in [0.4, 0.5) is 5.69 Å². The molecule has 0 fully saturated rings. The van der Waals surface area contributed by atoms with Crippen molar-refractivity contribution in [1.82, 2.24) is 4.98 Å². The number of carbonyl (C=O) groups excluding carboxylic acids is 1. The van der Waals surface area contributed by atoms with Crippen molar-refractivity contribution in [3.05, 3.63) is 76.5 Å². The third kappa shape index (κ3) is 3.74. The predicted molar refractivity (Wildman–Crippen MR) is 112 cm³/mol. The average molecular weight is 377 g/mol. The maximum atomic E-state index is 12.0. The number of benzene rings is 2. The Bertz CT molecular complexity index is 1080. The van der Waals surface area contributed by atoms with Crippen molar-refractivity contribution in [3.63, 3.8) is 0 Å². The lowest BCUT2D eigenvalue weighted by atomic mass is 10.2. The van der Waals surface area contributed by atoms with Gasteiger partial charge in [-0.1, -0.05) is 12.1 Å².